The Morgan fingerprint density at radius 1 is 1.27 bits per heavy atom. The van der Waals surface area contributed by atoms with Crippen molar-refractivity contribution in [3.05, 3.63) is 52.5 Å². The van der Waals surface area contributed by atoms with Gasteiger partial charge in [-0.15, -0.1) is 11.3 Å². The molecule has 3 heterocycles. The molecule has 22 heavy (non-hydrogen) atoms. The minimum absolute atomic E-state index is 0.0641. The minimum atomic E-state index is 0.0641. The van der Waals surface area contributed by atoms with Crippen molar-refractivity contribution < 1.29 is 4.79 Å². The van der Waals surface area contributed by atoms with Crippen LogP contribution in [0, 0.1) is 5.92 Å². The van der Waals surface area contributed by atoms with E-state index < -0.39 is 0 Å². The van der Waals surface area contributed by atoms with E-state index in [1.165, 1.54) is 16.9 Å². The number of piperidine rings is 1. The Bertz CT molecular complexity index is 577. The van der Waals surface area contributed by atoms with Gasteiger partial charge in [0.15, 0.2) is 0 Å². The highest BCUT2D eigenvalue weighted by Crippen LogP contribution is 2.18. The second kappa shape index (κ2) is 7.51. The van der Waals surface area contributed by atoms with Crippen LogP contribution < -0.4 is 5.32 Å². The molecule has 1 aliphatic heterocycles. The lowest BCUT2D eigenvalue weighted by Gasteiger charge is -2.32. The van der Waals surface area contributed by atoms with Gasteiger partial charge in [0.1, 0.15) is 0 Å². The summed E-state index contributed by atoms with van der Waals surface area (Å²) >= 11 is 1.49. The number of nitrogens with one attached hydrogen (secondary N) is 1. The molecule has 0 spiro atoms. The Labute approximate surface area is 135 Å². The van der Waals surface area contributed by atoms with Gasteiger partial charge in [-0.05, 0) is 61.0 Å². The molecule has 0 atom stereocenters. The van der Waals surface area contributed by atoms with Gasteiger partial charge in [0.25, 0.3) is 5.91 Å². The summed E-state index contributed by atoms with van der Waals surface area (Å²) in [6, 6.07) is 7.94. The van der Waals surface area contributed by atoms with Gasteiger partial charge < -0.3 is 5.32 Å². The first-order valence-electron chi connectivity index (χ1n) is 7.74. The molecule has 116 valence electrons. The average molecular weight is 315 g/mol. The van der Waals surface area contributed by atoms with Gasteiger partial charge in [-0.2, -0.15) is 0 Å². The SMILES string of the molecule is O=C(NCC1CCN(Cc2ccncc2)CC1)c1cccs1. The van der Waals surface area contributed by atoms with E-state index in [1.807, 2.05) is 29.9 Å². The summed E-state index contributed by atoms with van der Waals surface area (Å²) in [7, 11) is 0. The smallest absolute Gasteiger partial charge is 0.261 e. The summed E-state index contributed by atoms with van der Waals surface area (Å²) in [4.78, 5) is 19.3. The number of hydrogen-bond acceptors (Lipinski definition) is 4. The lowest BCUT2D eigenvalue weighted by Crippen LogP contribution is -2.38. The van der Waals surface area contributed by atoms with Crippen molar-refractivity contribution in [2.45, 2.75) is 19.4 Å². The van der Waals surface area contributed by atoms with Crippen LogP contribution in [0.4, 0.5) is 0 Å². The standard InChI is InChI=1S/C17H21N3OS/c21-17(16-2-1-11-22-16)19-12-14-5-9-20(10-6-14)13-15-3-7-18-8-4-15/h1-4,7-8,11,14H,5-6,9-10,12-13H2,(H,19,21). The Hall–Kier alpha value is -1.72. The summed E-state index contributed by atoms with van der Waals surface area (Å²) in [6.45, 7) is 3.99. The summed E-state index contributed by atoms with van der Waals surface area (Å²) in [5.41, 5.74) is 1.32. The van der Waals surface area contributed by atoms with E-state index in [2.05, 4.69) is 27.3 Å². The first kappa shape index (κ1) is 15.2. The number of aromatic nitrogens is 1. The van der Waals surface area contributed by atoms with Gasteiger partial charge in [0.05, 0.1) is 4.88 Å². The number of carbonyl (C=O) groups is 1. The number of rotatable bonds is 5. The molecule has 0 aliphatic carbocycles. The fraction of sp³-hybridized carbons (Fsp3) is 0.412. The van der Waals surface area contributed by atoms with Gasteiger partial charge in [-0.3, -0.25) is 14.7 Å². The van der Waals surface area contributed by atoms with E-state index in [1.54, 1.807) is 0 Å². The molecule has 1 fully saturated rings. The van der Waals surface area contributed by atoms with E-state index in [0.29, 0.717) is 5.92 Å². The molecular formula is C17H21N3OS. The van der Waals surface area contributed by atoms with Crippen molar-refractivity contribution >= 4 is 17.2 Å². The number of nitrogens with zero attached hydrogens (tertiary/aromatic N) is 2. The van der Waals surface area contributed by atoms with Gasteiger partial charge in [0.2, 0.25) is 0 Å². The third-order valence-electron chi connectivity index (χ3n) is 4.16. The van der Waals surface area contributed by atoms with Crippen LogP contribution in [0.25, 0.3) is 0 Å². The molecule has 2 aromatic rings. The third kappa shape index (κ3) is 4.15. The van der Waals surface area contributed by atoms with E-state index in [4.69, 9.17) is 0 Å². The van der Waals surface area contributed by atoms with E-state index in [9.17, 15) is 4.79 Å². The van der Waals surface area contributed by atoms with Crippen LogP contribution in [0.15, 0.2) is 42.0 Å². The van der Waals surface area contributed by atoms with Gasteiger partial charge in [0, 0.05) is 25.5 Å². The predicted molar refractivity (Wildman–Crippen MR) is 88.9 cm³/mol. The molecule has 0 bridgehead atoms. The molecule has 1 N–H and O–H groups in total. The zero-order valence-electron chi connectivity index (χ0n) is 12.6. The molecule has 2 aromatic heterocycles. The van der Waals surface area contributed by atoms with Gasteiger partial charge >= 0.3 is 0 Å². The fourth-order valence-electron chi connectivity index (χ4n) is 2.83. The number of carbonyl (C=O) groups excluding carboxylic acids is 1. The quantitative estimate of drug-likeness (QED) is 0.923. The molecule has 3 rings (SSSR count). The van der Waals surface area contributed by atoms with Gasteiger partial charge in [-0.1, -0.05) is 6.07 Å². The third-order valence-corrected chi connectivity index (χ3v) is 5.03. The summed E-state index contributed by atoms with van der Waals surface area (Å²) < 4.78 is 0. The molecule has 1 amide bonds. The summed E-state index contributed by atoms with van der Waals surface area (Å²) in [5.74, 6) is 0.659. The van der Waals surface area contributed by atoms with Crippen LogP contribution in [0.1, 0.15) is 28.1 Å². The Kier molecular flexibility index (Phi) is 5.19. The van der Waals surface area contributed by atoms with Crippen molar-refractivity contribution in [3.63, 3.8) is 0 Å². The highest BCUT2D eigenvalue weighted by Gasteiger charge is 2.20. The first-order valence-corrected chi connectivity index (χ1v) is 8.62. The van der Waals surface area contributed by atoms with Crippen molar-refractivity contribution in [3.8, 4) is 0 Å². The lowest BCUT2D eigenvalue weighted by molar-refractivity contribution is 0.0939. The monoisotopic (exact) mass is 315 g/mol. The van der Waals surface area contributed by atoms with Crippen molar-refractivity contribution in [2.24, 2.45) is 5.92 Å². The molecule has 0 aromatic carbocycles. The summed E-state index contributed by atoms with van der Waals surface area (Å²) in [5, 5.41) is 5.00. The van der Waals surface area contributed by atoms with Crippen molar-refractivity contribution in [1.29, 1.82) is 0 Å². The highest BCUT2D eigenvalue weighted by molar-refractivity contribution is 7.12. The number of pyridine rings is 1. The average Bonchev–Trinajstić information content (AvgIpc) is 3.09. The number of thiophene rings is 1. The van der Waals surface area contributed by atoms with Crippen LogP contribution in [0.3, 0.4) is 0 Å². The van der Waals surface area contributed by atoms with Crippen LogP contribution in [0.5, 0.6) is 0 Å². The van der Waals surface area contributed by atoms with Crippen molar-refractivity contribution in [2.75, 3.05) is 19.6 Å². The van der Waals surface area contributed by atoms with Crippen molar-refractivity contribution in [1.82, 2.24) is 15.2 Å². The maximum atomic E-state index is 11.9. The van der Waals surface area contributed by atoms with Gasteiger partial charge in [-0.25, -0.2) is 0 Å². The Balaban J connectivity index is 1.39. The molecule has 1 saturated heterocycles. The molecule has 4 nitrogen and oxygen atoms in total. The lowest BCUT2D eigenvalue weighted by atomic mass is 9.96. The maximum absolute atomic E-state index is 11.9. The molecule has 0 saturated carbocycles. The topological polar surface area (TPSA) is 45.2 Å². The van der Waals surface area contributed by atoms with E-state index >= 15 is 0 Å². The zero-order valence-corrected chi connectivity index (χ0v) is 13.4. The largest absolute Gasteiger partial charge is 0.351 e. The van der Waals surface area contributed by atoms with Crippen LogP contribution in [0.2, 0.25) is 0 Å². The molecule has 1 aliphatic rings. The molecular weight excluding hydrogens is 294 g/mol. The second-order valence-corrected chi connectivity index (χ2v) is 6.71. The minimum Gasteiger partial charge on any atom is -0.351 e. The fourth-order valence-corrected chi connectivity index (χ4v) is 3.47. The number of likely N-dealkylation sites (tertiary alicyclic amines) is 1. The second-order valence-electron chi connectivity index (χ2n) is 5.76. The summed E-state index contributed by atoms with van der Waals surface area (Å²) in [6.07, 6.45) is 6.00. The Morgan fingerprint density at radius 3 is 2.73 bits per heavy atom. The normalized spacial score (nSPS) is 16.5. The van der Waals surface area contributed by atoms with Crippen LogP contribution >= 0.6 is 11.3 Å². The van der Waals surface area contributed by atoms with Crippen LogP contribution in [-0.2, 0) is 6.54 Å². The zero-order chi connectivity index (χ0) is 15.2. The predicted octanol–water partition coefficient (Wildman–Crippen LogP) is 2.79. The van der Waals surface area contributed by atoms with E-state index in [-0.39, 0.29) is 5.91 Å². The Morgan fingerprint density at radius 2 is 2.05 bits per heavy atom. The highest BCUT2D eigenvalue weighted by atomic mass is 32.1. The number of amides is 1. The van der Waals surface area contributed by atoms with Crippen LogP contribution in [-0.4, -0.2) is 35.4 Å². The maximum Gasteiger partial charge on any atom is 0.261 e. The van der Waals surface area contributed by atoms with E-state index in [0.717, 1.165) is 43.9 Å². The molecule has 5 heteroatoms. The molecule has 0 unspecified atom stereocenters. The number of hydrogen-bond donors (Lipinski definition) is 1. The first-order chi connectivity index (χ1) is 10.8. The molecule has 0 radical (unpaired) electrons.